The maximum absolute atomic E-state index is 11.9. The average Bonchev–Trinajstić information content (AvgIpc) is 3.07. The topological polar surface area (TPSA) is 65.2 Å². The number of carbonyl (C=O) groups is 1. The summed E-state index contributed by atoms with van der Waals surface area (Å²) in [7, 11) is 0. The SMILES string of the molecule is NC(=O)C1(c2ccc(OCC(F)(F)F)cn2)CC1. The molecule has 18 heavy (non-hydrogen) atoms. The van der Waals surface area contributed by atoms with Crippen LogP contribution in [0.25, 0.3) is 0 Å². The lowest BCUT2D eigenvalue weighted by atomic mass is 10.0. The number of primary amides is 1. The van der Waals surface area contributed by atoms with Crippen molar-refractivity contribution in [1.82, 2.24) is 4.98 Å². The molecule has 0 radical (unpaired) electrons. The maximum Gasteiger partial charge on any atom is 0.422 e. The first-order valence-electron chi connectivity index (χ1n) is 5.29. The lowest BCUT2D eigenvalue weighted by molar-refractivity contribution is -0.153. The van der Waals surface area contributed by atoms with Crippen molar-refractivity contribution >= 4 is 5.91 Å². The van der Waals surface area contributed by atoms with E-state index in [0.717, 1.165) is 0 Å². The third-order valence-corrected chi connectivity index (χ3v) is 2.85. The minimum Gasteiger partial charge on any atom is -0.483 e. The van der Waals surface area contributed by atoms with E-state index < -0.39 is 24.1 Å². The predicted octanol–water partition coefficient (Wildman–Crippen LogP) is 1.54. The maximum atomic E-state index is 11.9. The molecule has 1 aliphatic rings. The Kier molecular flexibility index (Phi) is 2.92. The first-order valence-corrected chi connectivity index (χ1v) is 5.29. The molecule has 1 fully saturated rings. The van der Waals surface area contributed by atoms with Gasteiger partial charge in [0.2, 0.25) is 5.91 Å². The van der Waals surface area contributed by atoms with E-state index in [1.54, 1.807) is 0 Å². The molecule has 1 aromatic rings. The first kappa shape index (κ1) is 12.7. The van der Waals surface area contributed by atoms with Crippen molar-refractivity contribution < 1.29 is 22.7 Å². The van der Waals surface area contributed by atoms with Crippen molar-refractivity contribution in [2.24, 2.45) is 5.73 Å². The van der Waals surface area contributed by atoms with Gasteiger partial charge in [0.15, 0.2) is 6.61 Å². The highest BCUT2D eigenvalue weighted by atomic mass is 19.4. The van der Waals surface area contributed by atoms with Crippen molar-refractivity contribution in [3.63, 3.8) is 0 Å². The van der Waals surface area contributed by atoms with E-state index >= 15 is 0 Å². The zero-order chi connectivity index (χ0) is 13.4. The fourth-order valence-electron chi connectivity index (χ4n) is 1.67. The van der Waals surface area contributed by atoms with Crippen LogP contribution in [0.15, 0.2) is 18.3 Å². The van der Waals surface area contributed by atoms with Gasteiger partial charge in [0.25, 0.3) is 0 Å². The number of pyridine rings is 1. The Morgan fingerprint density at radius 3 is 2.50 bits per heavy atom. The molecule has 1 aromatic heterocycles. The summed E-state index contributed by atoms with van der Waals surface area (Å²) in [5, 5.41) is 0. The summed E-state index contributed by atoms with van der Waals surface area (Å²) >= 11 is 0. The van der Waals surface area contributed by atoms with E-state index in [4.69, 9.17) is 5.73 Å². The average molecular weight is 260 g/mol. The van der Waals surface area contributed by atoms with Crippen molar-refractivity contribution in [3.8, 4) is 5.75 Å². The molecule has 7 heteroatoms. The van der Waals surface area contributed by atoms with Gasteiger partial charge >= 0.3 is 6.18 Å². The zero-order valence-electron chi connectivity index (χ0n) is 9.33. The molecule has 4 nitrogen and oxygen atoms in total. The van der Waals surface area contributed by atoms with Gasteiger partial charge in [0.05, 0.1) is 17.3 Å². The summed E-state index contributed by atoms with van der Waals surface area (Å²) in [6, 6.07) is 2.83. The standard InChI is InChI=1S/C11H11F3N2O2/c12-11(13,14)6-18-7-1-2-8(16-5-7)10(3-4-10)9(15)17/h1-2,5H,3-4,6H2,(H2,15,17). The molecule has 0 spiro atoms. The number of nitrogens with two attached hydrogens (primary N) is 1. The number of halogens is 3. The van der Waals surface area contributed by atoms with Crippen molar-refractivity contribution in [2.45, 2.75) is 24.4 Å². The third kappa shape index (κ3) is 2.55. The molecular weight excluding hydrogens is 249 g/mol. The van der Waals surface area contributed by atoms with E-state index in [1.807, 2.05) is 0 Å². The number of amides is 1. The number of carbonyl (C=O) groups excluding carboxylic acids is 1. The Labute approximate surface area is 101 Å². The summed E-state index contributed by atoms with van der Waals surface area (Å²) in [5.74, 6) is -0.449. The smallest absolute Gasteiger partial charge is 0.422 e. The molecule has 0 aliphatic heterocycles. The van der Waals surface area contributed by atoms with Crippen LogP contribution in [0.4, 0.5) is 13.2 Å². The summed E-state index contributed by atoms with van der Waals surface area (Å²) < 4.78 is 40.3. The first-order chi connectivity index (χ1) is 8.33. The van der Waals surface area contributed by atoms with E-state index in [-0.39, 0.29) is 5.75 Å². The fraction of sp³-hybridized carbons (Fsp3) is 0.455. The number of hydrogen-bond acceptors (Lipinski definition) is 3. The zero-order valence-corrected chi connectivity index (χ0v) is 9.33. The number of ether oxygens (including phenoxy) is 1. The van der Waals surface area contributed by atoms with E-state index in [1.165, 1.54) is 18.3 Å². The molecule has 1 saturated carbocycles. The number of hydrogen-bond donors (Lipinski definition) is 1. The Morgan fingerprint density at radius 2 is 2.11 bits per heavy atom. The van der Waals surface area contributed by atoms with E-state index in [0.29, 0.717) is 18.5 Å². The molecule has 2 rings (SSSR count). The monoisotopic (exact) mass is 260 g/mol. The van der Waals surface area contributed by atoms with Gasteiger partial charge in [0.1, 0.15) is 5.75 Å². The molecule has 1 aliphatic carbocycles. The predicted molar refractivity (Wildman–Crippen MR) is 55.9 cm³/mol. The number of nitrogens with zero attached hydrogens (tertiary/aromatic N) is 1. The highest BCUT2D eigenvalue weighted by molar-refractivity contribution is 5.89. The van der Waals surface area contributed by atoms with Gasteiger partial charge in [-0.1, -0.05) is 0 Å². The van der Waals surface area contributed by atoms with Gasteiger partial charge in [-0.2, -0.15) is 13.2 Å². The Balaban J connectivity index is 2.05. The number of aromatic nitrogens is 1. The van der Waals surface area contributed by atoms with Crippen LogP contribution in [0.2, 0.25) is 0 Å². The van der Waals surface area contributed by atoms with Gasteiger partial charge in [-0.15, -0.1) is 0 Å². The summed E-state index contributed by atoms with van der Waals surface area (Å²) in [4.78, 5) is 15.2. The third-order valence-electron chi connectivity index (χ3n) is 2.85. The molecule has 1 heterocycles. The number of alkyl halides is 3. The van der Waals surface area contributed by atoms with Gasteiger partial charge in [-0.05, 0) is 25.0 Å². The normalized spacial score (nSPS) is 17.3. The van der Waals surface area contributed by atoms with Crippen molar-refractivity contribution in [1.29, 1.82) is 0 Å². The van der Waals surface area contributed by atoms with Gasteiger partial charge < -0.3 is 10.5 Å². The van der Waals surface area contributed by atoms with Crippen LogP contribution in [0.3, 0.4) is 0 Å². The molecular formula is C11H11F3N2O2. The lowest BCUT2D eigenvalue weighted by Gasteiger charge is -2.12. The van der Waals surface area contributed by atoms with Crippen LogP contribution in [0.5, 0.6) is 5.75 Å². The van der Waals surface area contributed by atoms with Gasteiger partial charge in [-0.3, -0.25) is 9.78 Å². The lowest BCUT2D eigenvalue weighted by Crippen LogP contribution is -2.29. The van der Waals surface area contributed by atoms with Crippen LogP contribution >= 0.6 is 0 Å². The highest BCUT2D eigenvalue weighted by Gasteiger charge is 2.51. The summed E-state index contributed by atoms with van der Waals surface area (Å²) in [6.07, 6.45) is -1.97. The van der Waals surface area contributed by atoms with Gasteiger partial charge in [-0.25, -0.2) is 0 Å². The van der Waals surface area contributed by atoms with E-state index in [9.17, 15) is 18.0 Å². The van der Waals surface area contributed by atoms with Crippen molar-refractivity contribution in [3.05, 3.63) is 24.0 Å². The largest absolute Gasteiger partial charge is 0.483 e. The van der Waals surface area contributed by atoms with Crippen LogP contribution in [-0.4, -0.2) is 23.7 Å². The molecule has 1 amide bonds. The second-order valence-electron chi connectivity index (χ2n) is 4.23. The minimum atomic E-state index is -4.39. The summed E-state index contributed by atoms with van der Waals surface area (Å²) in [5.41, 5.74) is 5.01. The fourth-order valence-corrected chi connectivity index (χ4v) is 1.67. The Morgan fingerprint density at radius 1 is 1.44 bits per heavy atom. The summed E-state index contributed by atoms with van der Waals surface area (Å²) in [6.45, 7) is -1.37. The Hall–Kier alpha value is -1.79. The number of rotatable bonds is 4. The molecule has 0 unspecified atom stereocenters. The molecule has 0 bridgehead atoms. The van der Waals surface area contributed by atoms with Crippen molar-refractivity contribution in [2.75, 3.05) is 6.61 Å². The highest BCUT2D eigenvalue weighted by Crippen LogP contribution is 2.47. The molecule has 0 saturated heterocycles. The van der Waals surface area contributed by atoms with Crippen LogP contribution in [0.1, 0.15) is 18.5 Å². The van der Waals surface area contributed by atoms with Gasteiger partial charge in [0, 0.05) is 0 Å². The quantitative estimate of drug-likeness (QED) is 0.893. The van der Waals surface area contributed by atoms with Crippen LogP contribution in [0, 0.1) is 0 Å². The molecule has 0 aromatic carbocycles. The minimum absolute atomic E-state index is 0.0105. The Bertz CT molecular complexity index is 452. The second kappa shape index (κ2) is 4.15. The van der Waals surface area contributed by atoms with Crippen LogP contribution in [-0.2, 0) is 10.2 Å². The second-order valence-corrected chi connectivity index (χ2v) is 4.23. The molecule has 0 atom stereocenters. The molecule has 2 N–H and O–H groups in total. The van der Waals surface area contributed by atoms with E-state index in [2.05, 4.69) is 9.72 Å². The van der Waals surface area contributed by atoms with Crippen LogP contribution < -0.4 is 10.5 Å². The molecule has 98 valence electrons.